The first-order chi connectivity index (χ1) is 7.86. The lowest BCUT2D eigenvalue weighted by atomic mass is 10.1. The molecule has 1 N–H and O–H groups in total. The molecule has 82 valence electrons. The molecule has 0 saturated carbocycles. The predicted octanol–water partition coefficient (Wildman–Crippen LogP) is 2.19. The number of aromatic nitrogens is 2. The van der Waals surface area contributed by atoms with E-state index in [1.165, 1.54) is 0 Å². The Morgan fingerprint density at radius 2 is 1.75 bits per heavy atom. The van der Waals surface area contributed by atoms with Gasteiger partial charge in [0.2, 0.25) is 0 Å². The van der Waals surface area contributed by atoms with Crippen LogP contribution in [0.1, 0.15) is 0 Å². The zero-order valence-corrected chi connectivity index (χ0v) is 9.27. The molecule has 0 aliphatic carbocycles. The van der Waals surface area contributed by atoms with Gasteiger partial charge in [-0.2, -0.15) is 0 Å². The van der Waals surface area contributed by atoms with E-state index in [4.69, 9.17) is 4.74 Å². The molecule has 0 atom stereocenters. The topological polar surface area (TPSA) is 47.0 Å². The van der Waals surface area contributed by atoms with Gasteiger partial charge in [-0.3, -0.25) is 9.97 Å². The van der Waals surface area contributed by atoms with E-state index in [0.717, 1.165) is 22.6 Å². The van der Waals surface area contributed by atoms with Crippen LogP contribution in [0.2, 0.25) is 0 Å². The quantitative estimate of drug-likeness (QED) is 0.852. The molecule has 4 heteroatoms. The normalized spacial score (nSPS) is 9.88. The molecule has 0 radical (unpaired) electrons. The molecule has 0 unspecified atom stereocenters. The Morgan fingerprint density at radius 3 is 2.44 bits per heavy atom. The minimum atomic E-state index is 0.755. The molecule has 0 aliphatic rings. The van der Waals surface area contributed by atoms with E-state index >= 15 is 0 Å². The Morgan fingerprint density at radius 1 is 1.06 bits per heavy atom. The van der Waals surface area contributed by atoms with Crippen LogP contribution in [0.25, 0.3) is 11.1 Å². The molecule has 2 heterocycles. The van der Waals surface area contributed by atoms with Crippen LogP contribution in [-0.4, -0.2) is 24.1 Å². The molecule has 0 spiro atoms. The molecule has 2 aromatic heterocycles. The number of hydrogen-bond acceptors (Lipinski definition) is 4. The van der Waals surface area contributed by atoms with Crippen molar-refractivity contribution in [2.45, 2.75) is 0 Å². The van der Waals surface area contributed by atoms with Crippen molar-refractivity contribution in [3.05, 3.63) is 36.9 Å². The zero-order chi connectivity index (χ0) is 11.4. The largest absolute Gasteiger partial charge is 0.494 e. The smallest absolute Gasteiger partial charge is 0.145 e. The fourth-order valence-corrected chi connectivity index (χ4v) is 1.59. The standard InChI is InChI=1S/C12H13N3O/c1-13-11-7-14-5-3-9(11)10-4-6-15-8-12(10)16-2/h3-8,13H,1-2H3. The summed E-state index contributed by atoms with van der Waals surface area (Å²) in [4.78, 5) is 8.11. The third kappa shape index (κ3) is 1.82. The number of pyridine rings is 2. The van der Waals surface area contributed by atoms with Gasteiger partial charge in [-0.1, -0.05) is 0 Å². The predicted molar refractivity (Wildman–Crippen MR) is 63.6 cm³/mol. The monoisotopic (exact) mass is 215 g/mol. The third-order valence-electron chi connectivity index (χ3n) is 2.39. The van der Waals surface area contributed by atoms with E-state index in [2.05, 4.69) is 15.3 Å². The summed E-state index contributed by atoms with van der Waals surface area (Å²) in [5.74, 6) is 0.755. The third-order valence-corrected chi connectivity index (χ3v) is 2.39. The summed E-state index contributed by atoms with van der Waals surface area (Å²) >= 11 is 0. The van der Waals surface area contributed by atoms with Crippen molar-refractivity contribution in [2.75, 3.05) is 19.5 Å². The maximum absolute atomic E-state index is 5.29. The second-order valence-electron chi connectivity index (χ2n) is 3.25. The van der Waals surface area contributed by atoms with Gasteiger partial charge < -0.3 is 10.1 Å². The highest BCUT2D eigenvalue weighted by Gasteiger charge is 2.08. The lowest BCUT2D eigenvalue weighted by Gasteiger charge is -2.11. The van der Waals surface area contributed by atoms with Crippen molar-refractivity contribution in [2.24, 2.45) is 0 Å². The van der Waals surface area contributed by atoms with E-state index in [0.29, 0.717) is 0 Å². The van der Waals surface area contributed by atoms with Crippen LogP contribution in [0.4, 0.5) is 5.69 Å². The Balaban J connectivity index is 2.58. The summed E-state index contributed by atoms with van der Waals surface area (Å²) in [7, 11) is 3.51. The maximum atomic E-state index is 5.29. The van der Waals surface area contributed by atoms with E-state index in [-0.39, 0.29) is 0 Å². The summed E-state index contributed by atoms with van der Waals surface area (Å²) in [6, 6.07) is 3.87. The SMILES string of the molecule is CNc1cnccc1-c1ccncc1OC. The molecule has 4 nitrogen and oxygen atoms in total. The van der Waals surface area contributed by atoms with E-state index < -0.39 is 0 Å². The van der Waals surface area contributed by atoms with Crippen LogP contribution in [0.15, 0.2) is 36.9 Å². The average Bonchev–Trinajstić information content (AvgIpc) is 2.38. The van der Waals surface area contributed by atoms with Crippen molar-refractivity contribution in [1.29, 1.82) is 0 Å². The summed E-state index contributed by atoms with van der Waals surface area (Å²) in [6.07, 6.45) is 7.00. The molecular weight excluding hydrogens is 202 g/mol. The highest BCUT2D eigenvalue weighted by atomic mass is 16.5. The first-order valence-electron chi connectivity index (χ1n) is 4.97. The summed E-state index contributed by atoms with van der Waals surface area (Å²) in [5, 5.41) is 3.11. The maximum Gasteiger partial charge on any atom is 0.145 e. The van der Waals surface area contributed by atoms with Gasteiger partial charge in [-0.05, 0) is 12.1 Å². The number of nitrogens with zero attached hydrogens (tertiary/aromatic N) is 2. The van der Waals surface area contributed by atoms with Gasteiger partial charge in [0, 0.05) is 30.6 Å². The van der Waals surface area contributed by atoms with E-state index in [1.54, 1.807) is 31.9 Å². The van der Waals surface area contributed by atoms with Gasteiger partial charge in [0.1, 0.15) is 5.75 Å². The Kier molecular flexibility index (Phi) is 3.00. The highest BCUT2D eigenvalue weighted by Crippen LogP contribution is 2.33. The Hall–Kier alpha value is -2.10. The van der Waals surface area contributed by atoms with Crippen LogP contribution in [0.3, 0.4) is 0 Å². The molecule has 0 aliphatic heterocycles. The van der Waals surface area contributed by atoms with Crippen LogP contribution in [0, 0.1) is 0 Å². The van der Waals surface area contributed by atoms with E-state index in [9.17, 15) is 0 Å². The van der Waals surface area contributed by atoms with Crippen molar-refractivity contribution in [3.8, 4) is 16.9 Å². The molecule has 0 saturated heterocycles. The number of nitrogens with one attached hydrogen (secondary N) is 1. The molecule has 0 bridgehead atoms. The number of methoxy groups -OCH3 is 1. The van der Waals surface area contributed by atoms with Gasteiger partial charge in [-0.25, -0.2) is 0 Å². The molecule has 16 heavy (non-hydrogen) atoms. The molecule has 2 aromatic rings. The average molecular weight is 215 g/mol. The number of rotatable bonds is 3. The second kappa shape index (κ2) is 4.61. The Bertz CT molecular complexity index is 440. The fourth-order valence-electron chi connectivity index (χ4n) is 1.59. The number of hydrogen-bond donors (Lipinski definition) is 1. The van der Waals surface area contributed by atoms with Crippen molar-refractivity contribution < 1.29 is 4.74 Å². The molecule has 2 rings (SSSR count). The van der Waals surface area contributed by atoms with Crippen LogP contribution in [-0.2, 0) is 0 Å². The van der Waals surface area contributed by atoms with Crippen LogP contribution < -0.4 is 10.1 Å². The number of anilines is 1. The summed E-state index contributed by atoms with van der Waals surface area (Å²) in [5.41, 5.74) is 3.02. The van der Waals surface area contributed by atoms with Crippen molar-refractivity contribution in [1.82, 2.24) is 9.97 Å². The second-order valence-corrected chi connectivity index (χ2v) is 3.25. The first kappa shape index (κ1) is 10.4. The Labute approximate surface area is 94.3 Å². The summed E-state index contributed by atoms with van der Waals surface area (Å²) < 4.78 is 5.29. The molecule has 0 aromatic carbocycles. The van der Waals surface area contributed by atoms with Crippen molar-refractivity contribution in [3.63, 3.8) is 0 Å². The fraction of sp³-hybridized carbons (Fsp3) is 0.167. The minimum Gasteiger partial charge on any atom is -0.494 e. The molecule has 0 fully saturated rings. The zero-order valence-electron chi connectivity index (χ0n) is 9.27. The summed E-state index contributed by atoms with van der Waals surface area (Å²) in [6.45, 7) is 0. The lowest BCUT2D eigenvalue weighted by Crippen LogP contribution is -1.95. The first-order valence-corrected chi connectivity index (χ1v) is 4.97. The van der Waals surface area contributed by atoms with Gasteiger partial charge in [0.25, 0.3) is 0 Å². The molecule has 0 amide bonds. The van der Waals surface area contributed by atoms with Gasteiger partial charge in [-0.15, -0.1) is 0 Å². The lowest BCUT2D eigenvalue weighted by molar-refractivity contribution is 0.414. The van der Waals surface area contributed by atoms with Gasteiger partial charge in [0.05, 0.1) is 25.2 Å². The van der Waals surface area contributed by atoms with E-state index in [1.807, 2.05) is 19.2 Å². The minimum absolute atomic E-state index is 0.755. The van der Waals surface area contributed by atoms with Gasteiger partial charge in [0.15, 0.2) is 0 Å². The number of ether oxygens (including phenoxy) is 1. The van der Waals surface area contributed by atoms with Gasteiger partial charge >= 0.3 is 0 Å². The van der Waals surface area contributed by atoms with Crippen LogP contribution in [0.5, 0.6) is 5.75 Å². The highest BCUT2D eigenvalue weighted by molar-refractivity contribution is 5.80. The molecular formula is C12H13N3O. The van der Waals surface area contributed by atoms with Crippen molar-refractivity contribution >= 4 is 5.69 Å². The van der Waals surface area contributed by atoms with Crippen LogP contribution >= 0.6 is 0 Å².